The Labute approximate surface area is 128 Å². The fraction of sp³-hybridized carbons (Fsp3) is 0.938. The quantitative estimate of drug-likeness (QED) is 0.826. The first-order chi connectivity index (χ1) is 10.3. The monoisotopic (exact) mass is 295 g/mol. The predicted molar refractivity (Wildman–Crippen MR) is 82.2 cm³/mol. The Bertz CT molecular complexity index is 330. The molecule has 0 saturated carbocycles. The Balaban J connectivity index is 1.40. The van der Waals surface area contributed by atoms with E-state index in [4.69, 9.17) is 4.74 Å². The molecule has 3 saturated heterocycles. The van der Waals surface area contributed by atoms with Crippen molar-refractivity contribution in [3.05, 3.63) is 0 Å². The molecule has 1 N–H and O–H groups in total. The standard InChI is InChI=1S/C16H29N3O2/c20-16(15-2-1-5-17-12-15)19-8-6-18(7-9-19)13-14-3-10-21-11-4-14/h14-15,17H,1-13H2. The van der Waals surface area contributed by atoms with Gasteiger partial charge in [-0.05, 0) is 38.1 Å². The lowest BCUT2D eigenvalue weighted by atomic mass is 9.97. The van der Waals surface area contributed by atoms with E-state index in [-0.39, 0.29) is 5.92 Å². The molecule has 1 unspecified atom stereocenters. The molecule has 3 fully saturated rings. The highest BCUT2D eigenvalue weighted by Crippen LogP contribution is 2.18. The Morgan fingerprint density at radius 1 is 1.10 bits per heavy atom. The Morgan fingerprint density at radius 2 is 1.86 bits per heavy atom. The van der Waals surface area contributed by atoms with Crippen LogP contribution in [0.1, 0.15) is 25.7 Å². The SMILES string of the molecule is O=C(C1CCCNC1)N1CCN(CC2CCOCC2)CC1. The summed E-state index contributed by atoms with van der Waals surface area (Å²) in [7, 11) is 0. The molecule has 1 atom stereocenters. The third-order valence-corrected chi connectivity index (χ3v) is 5.19. The Morgan fingerprint density at radius 3 is 2.52 bits per heavy atom. The Hall–Kier alpha value is -0.650. The minimum Gasteiger partial charge on any atom is -0.381 e. The van der Waals surface area contributed by atoms with Crippen molar-refractivity contribution in [2.45, 2.75) is 25.7 Å². The van der Waals surface area contributed by atoms with E-state index in [1.54, 1.807) is 0 Å². The number of ether oxygens (including phenoxy) is 1. The summed E-state index contributed by atoms with van der Waals surface area (Å²) in [5.41, 5.74) is 0. The molecule has 3 rings (SSSR count). The van der Waals surface area contributed by atoms with Gasteiger partial charge in [-0.15, -0.1) is 0 Å². The van der Waals surface area contributed by atoms with Crippen LogP contribution in [0, 0.1) is 11.8 Å². The summed E-state index contributed by atoms with van der Waals surface area (Å²) in [4.78, 5) is 17.1. The van der Waals surface area contributed by atoms with E-state index in [2.05, 4.69) is 15.1 Å². The van der Waals surface area contributed by atoms with E-state index in [1.165, 1.54) is 19.4 Å². The smallest absolute Gasteiger partial charge is 0.227 e. The van der Waals surface area contributed by atoms with Crippen molar-refractivity contribution in [2.24, 2.45) is 11.8 Å². The van der Waals surface area contributed by atoms with Gasteiger partial charge in [-0.25, -0.2) is 0 Å². The van der Waals surface area contributed by atoms with Crippen LogP contribution in [0.2, 0.25) is 0 Å². The van der Waals surface area contributed by atoms with Gasteiger partial charge >= 0.3 is 0 Å². The van der Waals surface area contributed by atoms with Crippen molar-refractivity contribution in [3.8, 4) is 0 Å². The molecule has 0 aromatic heterocycles. The molecule has 3 heterocycles. The molecular weight excluding hydrogens is 266 g/mol. The summed E-state index contributed by atoms with van der Waals surface area (Å²) < 4.78 is 5.43. The van der Waals surface area contributed by atoms with Crippen molar-refractivity contribution in [2.75, 3.05) is 59.0 Å². The van der Waals surface area contributed by atoms with E-state index >= 15 is 0 Å². The fourth-order valence-corrected chi connectivity index (χ4v) is 3.77. The molecule has 5 heteroatoms. The molecule has 0 radical (unpaired) electrons. The highest BCUT2D eigenvalue weighted by molar-refractivity contribution is 5.79. The second-order valence-corrected chi connectivity index (χ2v) is 6.72. The molecule has 3 aliphatic rings. The second-order valence-electron chi connectivity index (χ2n) is 6.72. The third-order valence-electron chi connectivity index (χ3n) is 5.19. The van der Waals surface area contributed by atoms with Crippen LogP contribution in [0.15, 0.2) is 0 Å². The topological polar surface area (TPSA) is 44.8 Å². The number of hydrogen-bond donors (Lipinski definition) is 1. The summed E-state index contributed by atoms with van der Waals surface area (Å²) in [6.45, 7) is 8.92. The molecular formula is C16H29N3O2. The number of piperazine rings is 1. The van der Waals surface area contributed by atoms with Crippen LogP contribution in [-0.4, -0.2) is 74.7 Å². The molecule has 0 bridgehead atoms. The first-order valence-corrected chi connectivity index (χ1v) is 8.62. The van der Waals surface area contributed by atoms with Gasteiger partial charge in [0.1, 0.15) is 0 Å². The number of nitrogens with one attached hydrogen (secondary N) is 1. The zero-order valence-corrected chi connectivity index (χ0v) is 13.1. The lowest BCUT2D eigenvalue weighted by Gasteiger charge is -2.39. The number of amides is 1. The zero-order valence-electron chi connectivity index (χ0n) is 13.1. The molecule has 0 aliphatic carbocycles. The first-order valence-electron chi connectivity index (χ1n) is 8.62. The molecule has 3 aliphatic heterocycles. The Kier molecular flexibility index (Phi) is 5.49. The summed E-state index contributed by atoms with van der Waals surface area (Å²) in [5, 5.41) is 3.35. The van der Waals surface area contributed by atoms with E-state index in [1.807, 2.05) is 0 Å². The summed E-state index contributed by atoms with van der Waals surface area (Å²) in [5.74, 6) is 1.40. The van der Waals surface area contributed by atoms with Crippen LogP contribution in [0.5, 0.6) is 0 Å². The summed E-state index contributed by atoms with van der Waals surface area (Å²) in [6, 6.07) is 0. The van der Waals surface area contributed by atoms with Crippen molar-refractivity contribution in [3.63, 3.8) is 0 Å². The van der Waals surface area contributed by atoms with Crippen LogP contribution in [0.25, 0.3) is 0 Å². The van der Waals surface area contributed by atoms with Crippen LogP contribution in [0.4, 0.5) is 0 Å². The van der Waals surface area contributed by atoms with E-state index in [0.29, 0.717) is 5.91 Å². The number of piperidine rings is 1. The fourth-order valence-electron chi connectivity index (χ4n) is 3.77. The van der Waals surface area contributed by atoms with Crippen molar-refractivity contribution >= 4 is 5.91 Å². The normalized spacial score (nSPS) is 29.5. The number of carbonyl (C=O) groups excluding carboxylic acids is 1. The van der Waals surface area contributed by atoms with Gasteiger partial charge in [-0.1, -0.05) is 0 Å². The van der Waals surface area contributed by atoms with Gasteiger partial charge in [0.15, 0.2) is 0 Å². The molecule has 5 nitrogen and oxygen atoms in total. The highest BCUT2D eigenvalue weighted by Gasteiger charge is 2.29. The second kappa shape index (κ2) is 7.56. The van der Waals surface area contributed by atoms with Crippen molar-refractivity contribution in [1.82, 2.24) is 15.1 Å². The summed E-state index contributed by atoms with van der Waals surface area (Å²) >= 11 is 0. The van der Waals surface area contributed by atoms with Gasteiger partial charge < -0.3 is 15.0 Å². The lowest BCUT2D eigenvalue weighted by Crippen LogP contribution is -2.53. The molecule has 21 heavy (non-hydrogen) atoms. The summed E-state index contributed by atoms with van der Waals surface area (Å²) in [6.07, 6.45) is 4.61. The van der Waals surface area contributed by atoms with Gasteiger partial charge in [-0.3, -0.25) is 9.69 Å². The van der Waals surface area contributed by atoms with Crippen LogP contribution in [0.3, 0.4) is 0 Å². The number of rotatable bonds is 3. The number of nitrogens with zero attached hydrogens (tertiary/aromatic N) is 2. The van der Waals surface area contributed by atoms with Gasteiger partial charge in [0.25, 0.3) is 0 Å². The largest absolute Gasteiger partial charge is 0.381 e. The zero-order chi connectivity index (χ0) is 14.5. The average molecular weight is 295 g/mol. The van der Waals surface area contributed by atoms with Crippen molar-refractivity contribution in [1.29, 1.82) is 0 Å². The van der Waals surface area contributed by atoms with Crippen LogP contribution >= 0.6 is 0 Å². The number of carbonyl (C=O) groups is 1. The van der Waals surface area contributed by atoms with E-state index in [9.17, 15) is 4.79 Å². The molecule has 0 spiro atoms. The average Bonchev–Trinajstić information content (AvgIpc) is 2.57. The van der Waals surface area contributed by atoms with Gasteiger partial charge in [0.2, 0.25) is 5.91 Å². The predicted octanol–water partition coefficient (Wildman–Crippen LogP) is 0.557. The third kappa shape index (κ3) is 4.18. The number of hydrogen-bond acceptors (Lipinski definition) is 4. The minimum absolute atomic E-state index is 0.223. The molecule has 120 valence electrons. The van der Waals surface area contributed by atoms with Crippen molar-refractivity contribution < 1.29 is 9.53 Å². The maximum absolute atomic E-state index is 12.5. The maximum atomic E-state index is 12.5. The minimum atomic E-state index is 0.223. The van der Waals surface area contributed by atoms with Crippen LogP contribution in [-0.2, 0) is 9.53 Å². The lowest BCUT2D eigenvalue weighted by molar-refractivity contribution is -0.138. The van der Waals surface area contributed by atoms with E-state index in [0.717, 1.165) is 71.2 Å². The van der Waals surface area contributed by atoms with Gasteiger partial charge in [0, 0.05) is 52.5 Å². The maximum Gasteiger partial charge on any atom is 0.227 e. The van der Waals surface area contributed by atoms with E-state index < -0.39 is 0 Å². The van der Waals surface area contributed by atoms with Gasteiger partial charge in [-0.2, -0.15) is 0 Å². The molecule has 0 aromatic rings. The van der Waals surface area contributed by atoms with Crippen LogP contribution < -0.4 is 5.32 Å². The van der Waals surface area contributed by atoms with Gasteiger partial charge in [0.05, 0.1) is 5.92 Å². The molecule has 0 aromatic carbocycles. The first kappa shape index (κ1) is 15.3. The molecule has 1 amide bonds. The highest BCUT2D eigenvalue weighted by atomic mass is 16.5.